The fourth-order valence-corrected chi connectivity index (χ4v) is 3.36. The van der Waals surface area contributed by atoms with Gasteiger partial charge >= 0.3 is 0 Å². The average Bonchev–Trinajstić information content (AvgIpc) is 2.59. The molecule has 1 aliphatic rings. The molecule has 2 rings (SSSR count). The molecule has 1 heterocycles. The molecule has 0 amide bonds. The van der Waals surface area contributed by atoms with E-state index < -0.39 is 0 Å². The average molecular weight is 252 g/mol. The Morgan fingerprint density at radius 3 is 2.71 bits per heavy atom. The highest BCUT2D eigenvalue weighted by atomic mass is 32.1. The van der Waals surface area contributed by atoms with Crippen molar-refractivity contribution in [1.82, 2.24) is 10.3 Å². The van der Waals surface area contributed by atoms with E-state index in [1.807, 2.05) is 0 Å². The van der Waals surface area contributed by atoms with Crippen molar-refractivity contribution in [3.63, 3.8) is 0 Å². The van der Waals surface area contributed by atoms with E-state index in [4.69, 9.17) is 0 Å². The van der Waals surface area contributed by atoms with Gasteiger partial charge in [-0.15, -0.1) is 11.3 Å². The predicted octanol–water partition coefficient (Wildman–Crippen LogP) is 3.55. The van der Waals surface area contributed by atoms with Crippen molar-refractivity contribution in [2.45, 2.75) is 51.9 Å². The molecule has 3 heteroatoms. The molecule has 0 aliphatic heterocycles. The van der Waals surface area contributed by atoms with E-state index >= 15 is 0 Å². The van der Waals surface area contributed by atoms with Crippen molar-refractivity contribution in [3.8, 4) is 0 Å². The number of thiazole rings is 1. The molecule has 96 valence electrons. The maximum Gasteiger partial charge on any atom is 0.0940 e. The van der Waals surface area contributed by atoms with Crippen LogP contribution in [0.5, 0.6) is 0 Å². The van der Waals surface area contributed by atoms with Gasteiger partial charge in [-0.05, 0) is 32.2 Å². The predicted molar refractivity (Wildman–Crippen MR) is 74.6 cm³/mol. The van der Waals surface area contributed by atoms with Crippen LogP contribution in [-0.4, -0.2) is 18.1 Å². The molecule has 1 fully saturated rings. The smallest absolute Gasteiger partial charge is 0.0940 e. The Morgan fingerprint density at radius 1 is 1.29 bits per heavy atom. The van der Waals surface area contributed by atoms with Crippen LogP contribution in [0.1, 0.15) is 49.2 Å². The summed E-state index contributed by atoms with van der Waals surface area (Å²) in [6.45, 7) is 4.37. The van der Waals surface area contributed by atoms with Crippen LogP contribution in [0.2, 0.25) is 0 Å². The first-order chi connectivity index (χ1) is 8.34. The zero-order chi connectivity index (χ0) is 11.9. The van der Waals surface area contributed by atoms with Crippen LogP contribution >= 0.6 is 11.3 Å². The summed E-state index contributed by atoms with van der Waals surface area (Å²) in [6.07, 6.45) is 9.75. The summed E-state index contributed by atoms with van der Waals surface area (Å²) < 4.78 is 0. The Bertz CT molecular complexity index is 314. The minimum Gasteiger partial charge on any atom is -0.316 e. The van der Waals surface area contributed by atoms with Gasteiger partial charge in [0, 0.05) is 24.0 Å². The van der Waals surface area contributed by atoms with Crippen LogP contribution in [0.4, 0.5) is 0 Å². The number of nitrogens with zero attached hydrogens (tertiary/aromatic N) is 1. The molecule has 1 saturated carbocycles. The van der Waals surface area contributed by atoms with Crippen LogP contribution in [-0.2, 0) is 6.42 Å². The molecule has 1 aromatic rings. The molecule has 0 atom stereocenters. The standard InChI is InChI=1S/C14H24N2S/c1-12-11-17-14(16-12)8-9-15-10-13-6-4-2-3-5-7-13/h11,13,15H,2-10H2,1H3. The van der Waals surface area contributed by atoms with E-state index in [2.05, 4.69) is 22.6 Å². The topological polar surface area (TPSA) is 24.9 Å². The van der Waals surface area contributed by atoms with Gasteiger partial charge in [0.25, 0.3) is 0 Å². The van der Waals surface area contributed by atoms with E-state index in [1.54, 1.807) is 11.3 Å². The molecular formula is C14H24N2S. The lowest BCUT2D eigenvalue weighted by atomic mass is 10.0. The fourth-order valence-electron chi connectivity index (χ4n) is 2.59. The molecule has 0 bridgehead atoms. The number of hydrogen-bond acceptors (Lipinski definition) is 3. The number of hydrogen-bond donors (Lipinski definition) is 1. The van der Waals surface area contributed by atoms with Crippen molar-refractivity contribution in [3.05, 3.63) is 16.1 Å². The van der Waals surface area contributed by atoms with Gasteiger partial charge in [0.1, 0.15) is 0 Å². The molecule has 0 radical (unpaired) electrons. The van der Waals surface area contributed by atoms with Crippen LogP contribution in [0.3, 0.4) is 0 Å². The first-order valence-electron chi connectivity index (χ1n) is 6.96. The van der Waals surface area contributed by atoms with Gasteiger partial charge in [-0.3, -0.25) is 0 Å². The highest BCUT2D eigenvalue weighted by Gasteiger charge is 2.11. The molecule has 1 N–H and O–H groups in total. The van der Waals surface area contributed by atoms with Gasteiger partial charge in [-0.25, -0.2) is 4.98 Å². The number of nitrogens with one attached hydrogen (secondary N) is 1. The van der Waals surface area contributed by atoms with E-state index in [1.165, 1.54) is 50.1 Å². The van der Waals surface area contributed by atoms with Crippen LogP contribution in [0.15, 0.2) is 5.38 Å². The third-order valence-electron chi connectivity index (χ3n) is 3.59. The minimum absolute atomic E-state index is 0.926. The summed E-state index contributed by atoms with van der Waals surface area (Å²) in [6, 6.07) is 0. The normalized spacial score (nSPS) is 18.2. The van der Waals surface area contributed by atoms with Gasteiger partial charge in [0.05, 0.1) is 5.01 Å². The summed E-state index contributed by atoms with van der Waals surface area (Å²) in [4.78, 5) is 4.49. The Balaban J connectivity index is 1.59. The Labute approximate surface area is 109 Å². The highest BCUT2D eigenvalue weighted by molar-refractivity contribution is 7.09. The lowest BCUT2D eigenvalue weighted by molar-refractivity contribution is 0.427. The molecule has 0 unspecified atom stereocenters. The Kier molecular flexibility index (Phi) is 5.46. The number of aromatic nitrogens is 1. The third-order valence-corrected chi connectivity index (χ3v) is 4.62. The van der Waals surface area contributed by atoms with Gasteiger partial charge in [0.2, 0.25) is 0 Å². The SMILES string of the molecule is Cc1csc(CCNCC2CCCCCC2)n1. The van der Waals surface area contributed by atoms with Crippen LogP contribution < -0.4 is 5.32 Å². The molecule has 17 heavy (non-hydrogen) atoms. The summed E-state index contributed by atoms with van der Waals surface area (Å²) in [5.74, 6) is 0.926. The molecule has 2 nitrogen and oxygen atoms in total. The molecule has 0 aromatic carbocycles. The summed E-state index contributed by atoms with van der Waals surface area (Å²) in [7, 11) is 0. The van der Waals surface area contributed by atoms with Gasteiger partial charge < -0.3 is 5.32 Å². The first kappa shape index (κ1) is 13.0. The lowest BCUT2D eigenvalue weighted by Gasteiger charge is -2.14. The van der Waals surface area contributed by atoms with Crippen molar-refractivity contribution in [1.29, 1.82) is 0 Å². The van der Waals surface area contributed by atoms with Gasteiger partial charge in [-0.1, -0.05) is 25.7 Å². The summed E-state index contributed by atoms with van der Waals surface area (Å²) in [5, 5.41) is 7.02. The number of rotatable bonds is 5. The van der Waals surface area contributed by atoms with Crippen LogP contribution in [0.25, 0.3) is 0 Å². The monoisotopic (exact) mass is 252 g/mol. The zero-order valence-electron chi connectivity index (χ0n) is 10.9. The van der Waals surface area contributed by atoms with E-state index in [-0.39, 0.29) is 0 Å². The Hall–Kier alpha value is -0.410. The van der Waals surface area contributed by atoms with Crippen molar-refractivity contribution < 1.29 is 0 Å². The summed E-state index contributed by atoms with van der Waals surface area (Å²) >= 11 is 1.79. The maximum absolute atomic E-state index is 4.49. The van der Waals surface area contributed by atoms with Gasteiger partial charge in [0.15, 0.2) is 0 Å². The Morgan fingerprint density at radius 2 is 2.06 bits per heavy atom. The molecule has 0 saturated heterocycles. The van der Waals surface area contributed by atoms with Gasteiger partial charge in [-0.2, -0.15) is 0 Å². The lowest BCUT2D eigenvalue weighted by Crippen LogP contribution is -2.24. The molecular weight excluding hydrogens is 228 g/mol. The van der Waals surface area contributed by atoms with E-state index in [0.29, 0.717) is 0 Å². The zero-order valence-corrected chi connectivity index (χ0v) is 11.7. The second-order valence-corrected chi connectivity index (χ2v) is 6.14. The number of aryl methyl sites for hydroxylation is 1. The second-order valence-electron chi connectivity index (χ2n) is 5.19. The quantitative estimate of drug-likeness (QED) is 0.640. The third kappa shape index (κ3) is 4.76. The van der Waals surface area contributed by atoms with E-state index in [0.717, 1.165) is 24.6 Å². The van der Waals surface area contributed by atoms with Crippen molar-refractivity contribution in [2.24, 2.45) is 5.92 Å². The molecule has 1 aromatic heterocycles. The highest BCUT2D eigenvalue weighted by Crippen LogP contribution is 2.22. The van der Waals surface area contributed by atoms with Crippen molar-refractivity contribution >= 4 is 11.3 Å². The molecule has 1 aliphatic carbocycles. The van der Waals surface area contributed by atoms with Crippen LogP contribution in [0, 0.1) is 12.8 Å². The van der Waals surface area contributed by atoms with E-state index in [9.17, 15) is 0 Å². The molecule has 0 spiro atoms. The summed E-state index contributed by atoms with van der Waals surface area (Å²) in [5.41, 5.74) is 1.16. The largest absolute Gasteiger partial charge is 0.316 e. The maximum atomic E-state index is 4.49. The second kappa shape index (κ2) is 7.12. The van der Waals surface area contributed by atoms with Crippen molar-refractivity contribution in [2.75, 3.05) is 13.1 Å². The first-order valence-corrected chi connectivity index (χ1v) is 7.84. The minimum atomic E-state index is 0.926. The fraction of sp³-hybridized carbons (Fsp3) is 0.786.